The second-order valence-corrected chi connectivity index (χ2v) is 6.48. The van der Waals surface area contributed by atoms with Crippen molar-refractivity contribution in [3.63, 3.8) is 0 Å². The topological polar surface area (TPSA) is 78.4 Å². The lowest BCUT2D eigenvalue weighted by Gasteiger charge is -2.34. The van der Waals surface area contributed by atoms with E-state index >= 15 is 0 Å². The second kappa shape index (κ2) is 7.07. The van der Waals surface area contributed by atoms with E-state index in [0.717, 1.165) is 24.0 Å². The lowest BCUT2D eigenvalue weighted by Crippen LogP contribution is -2.44. The Morgan fingerprint density at radius 1 is 1.12 bits per heavy atom. The van der Waals surface area contributed by atoms with E-state index in [0.29, 0.717) is 17.7 Å². The lowest BCUT2D eigenvalue weighted by molar-refractivity contribution is 0.0221. The smallest absolute Gasteiger partial charge is 0.319 e. The van der Waals surface area contributed by atoms with Gasteiger partial charge in [-0.25, -0.2) is 4.79 Å². The molecule has 0 spiro atoms. The molecule has 1 atom stereocenters. The van der Waals surface area contributed by atoms with E-state index in [1.165, 1.54) is 6.92 Å². The van der Waals surface area contributed by atoms with Crippen LogP contribution >= 0.6 is 0 Å². The van der Waals surface area contributed by atoms with Gasteiger partial charge in [-0.15, -0.1) is 0 Å². The third kappa shape index (κ3) is 3.88. The first-order valence-corrected chi connectivity index (χ1v) is 8.44. The number of carbonyl (C=O) groups excluding carboxylic acids is 2. The molecule has 3 N–H and O–H groups in total. The Balaban J connectivity index is 1.62. The molecule has 0 radical (unpaired) electrons. The molecule has 0 fully saturated rings. The highest BCUT2D eigenvalue weighted by molar-refractivity contribution is 5.95. The van der Waals surface area contributed by atoms with Gasteiger partial charge in [-0.05, 0) is 61.6 Å². The zero-order chi connectivity index (χ0) is 17.9. The summed E-state index contributed by atoms with van der Waals surface area (Å²) in [5, 5.41) is 16.4. The Hall–Kier alpha value is -2.66. The molecule has 1 unspecified atom stereocenters. The number of benzene rings is 2. The number of urea groups is 1. The van der Waals surface area contributed by atoms with Gasteiger partial charge >= 0.3 is 6.03 Å². The van der Waals surface area contributed by atoms with Crippen LogP contribution in [-0.2, 0) is 12.0 Å². The summed E-state index contributed by atoms with van der Waals surface area (Å²) in [6.07, 6.45) is 2.47. The summed E-state index contributed by atoms with van der Waals surface area (Å²) in [5.41, 5.74) is 2.19. The summed E-state index contributed by atoms with van der Waals surface area (Å²) < 4.78 is 0. The summed E-state index contributed by atoms with van der Waals surface area (Å²) in [4.78, 5) is 23.4. The van der Waals surface area contributed by atoms with Gasteiger partial charge in [-0.3, -0.25) is 4.79 Å². The van der Waals surface area contributed by atoms with Gasteiger partial charge in [0.25, 0.3) is 0 Å². The molecule has 0 bridgehead atoms. The number of amides is 2. The summed E-state index contributed by atoms with van der Waals surface area (Å²) in [5.74, 6) is -0.0193. The first-order chi connectivity index (χ1) is 12.0. The highest BCUT2D eigenvalue weighted by Gasteiger charge is 2.34. The molecule has 3 rings (SSSR count). The van der Waals surface area contributed by atoms with Crippen LogP contribution in [0.2, 0.25) is 0 Å². The molecule has 5 nitrogen and oxygen atoms in total. The predicted octanol–water partition coefficient (Wildman–Crippen LogP) is 3.23. The number of rotatable bonds is 4. The number of fused-ring (bicyclic) bond motifs is 1. The monoisotopic (exact) mass is 338 g/mol. The third-order valence-corrected chi connectivity index (χ3v) is 4.65. The quantitative estimate of drug-likeness (QED) is 0.749. The van der Waals surface area contributed by atoms with Gasteiger partial charge < -0.3 is 15.7 Å². The number of aliphatic hydroxyl groups is 1. The number of aryl methyl sites for hydroxylation is 1. The van der Waals surface area contributed by atoms with Crippen molar-refractivity contribution in [2.75, 3.05) is 11.9 Å². The zero-order valence-corrected chi connectivity index (χ0v) is 14.2. The lowest BCUT2D eigenvalue weighted by atomic mass is 9.79. The van der Waals surface area contributed by atoms with E-state index in [1.807, 2.05) is 24.3 Å². The van der Waals surface area contributed by atoms with Crippen molar-refractivity contribution >= 4 is 17.5 Å². The Morgan fingerprint density at radius 2 is 1.84 bits per heavy atom. The molecular formula is C20H22N2O3. The van der Waals surface area contributed by atoms with Gasteiger partial charge in [0, 0.05) is 11.3 Å². The molecule has 2 aromatic rings. The minimum Gasteiger partial charge on any atom is -0.383 e. The molecule has 130 valence electrons. The molecule has 1 aliphatic carbocycles. The molecule has 5 heteroatoms. The molecule has 0 saturated carbocycles. The van der Waals surface area contributed by atoms with Crippen LogP contribution in [0.1, 0.15) is 41.3 Å². The van der Waals surface area contributed by atoms with Gasteiger partial charge in [0.05, 0.1) is 6.54 Å². The van der Waals surface area contributed by atoms with Gasteiger partial charge in [-0.2, -0.15) is 0 Å². The zero-order valence-electron chi connectivity index (χ0n) is 14.2. The highest BCUT2D eigenvalue weighted by atomic mass is 16.3. The Bertz CT molecular complexity index is 786. The summed E-state index contributed by atoms with van der Waals surface area (Å²) >= 11 is 0. The van der Waals surface area contributed by atoms with E-state index in [9.17, 15) is 14.7 Å². The second-order valence-electron chi connectivity index (χ2n) is 6.48. The minimum absolute atomic E-state index is 0.0193. The van der Waals surface area contributed by atoms with Gasteiger partial charge in [0.2, 0.25) is 0 Å². The van der Waals surface area contributed by atoms with Crippen LogP contribution in [0.25, 0.3) is 0 Å². The van der Waals surface area contributed by atoms with Crippen molar-refractivity contribution in [2.24, 2.45) is 0 Å². The summed E-state index contributed by atoms with van der Waals surface area (Å²) in [7, 11) is 0. The van der Waals surface area contributed by atoms with Crippen molar-refractivity contribution in [1.29, 1.82) is 0 Å². The first-order valence-electron chi connectivity index (χ1n) is 8.44. The number of ketones is 1. The normalized spacial score (nSPS) is 19.0. The Kier molecular flexibility index (Phi) is 4.86. The van der Waals surface area contributed by atoms with Crippen molar-refractivity contribution in [2.45, 2.75) is 31.8 Å². The fourth-order valence-corrected chi connectivity index (χ4v) is 3.27. The number of hydrogen-bond donors (Lipinski definition) is 3. The van der Waals surface area contributed by atoms with Crippen molar-refractivity contribution in [1.82, 2.24) is 5.32 Å². The van der Waals surface area contributed by atoms with E-state index in [-0.39, 0.29) is 18.4 Å². The Morgan fingerprint density at radius 3 is 2.56 bits per heavy atom. The van der Waals surface area contributed by atoms with Gasteiger partial charge in [0.15, 0.2) is 5.78 Å². The van der Waals surface area contributed by atoms with Crippen LogP contribution in [0.15, 0.2) is 48.5 Å². The van der Waals surface area contributed by atoms with E-state index in [2.05, 4.69) is 10.6 Å². The molecule has 25 heavy (non-hydrogen) atoms. The largest absolute Gasteiger partial charge is 0.383 e. The van der Waals surface area contributed by atoms with Crippen LogP contribution in [0.3, 0.4) is 0 Å². The van der Waals surface area contributed by atoms with E-state index in [1.54, 1.807) is 24.3 Å². The summed E-state index contributed by atoms with van der Waals surface area (Å²) in [6, 6.07) is 14.1. The highest BCUT2D eigenvalue weighted by Crippen LogP contribution is 2.34. The Labute approximate surface area is 147 Å². The molecule has 0 saturated heterocycles. The molecule has 2 aromatic carbocycles. The molecular weight excluding hydrogens is 316 g/mol. The van der Waals surface area contributed by atoms with Crippen molar-refractivity contribution < 1.29 is 14.7 Å². The molecule has 0 aliphatic heterocycles. The van der Waals surface area contributed by atoms with Gasteiger partial charge in [0.1, 0.15) is 5.60 Å². The number of nitrogens with one attached hydrogen (secondary N) is 2. The average molecular weight is 338 g/mol. The SMILES string of the molecule is CC(=O)c1ccc(NC(=O)NCC2(O)CCCc3ccccc32)cc1. The van der Waals surface area contributed by atoms with Crippen LogP contribution in [0, 0.1) is 0 Å². The van der Waals surface area contributed by atoms with Crippen LogP contribution in [0.4, 0.5) is 10.5 Å². The average Bonchev–Trinajstić information content (AvgIpc) is 2.61. The molecule has 0 heterocycles. The minimum atomic E-state index is -1.04. The third-order valence-electron chi connectivity index (χ3n) is 4.65. The van der Waals surface area contributed by atoms with Gasteiger partial charge in [-0.1, -0.05) is 24.3 Å². The fourth-order valence-electron chi connectivity index (χ4n) is 3.27. The maximum absolute atomic E-state index is 12.1. The standard InChI is InChI=1S/C20H22N2O3/c1-14(23)15-8-10-17(11-9-15)22-19(24)21-13-20(25)12-4-6-16-5-2-3-7-18(16)20/h2-3,5,7-11,25H,4,6,12-13H2,1H3,(H2,21,22,24). The maximum atomic E-state index is 12.1. The predicted molar refractivity (Wildman–Crippen MR) is 96.7 cm³/mol. The van der Waals surface area contributed by atoms with E-state index < -0.39 is 5.60 Å². The fraction of sp³-hybridized carbons (Fsp3) is 0.300. The number of carbonyl (C=O) groups is 2. The van der Waals surface area contributed by atoms with Crippen molar-refractivity contribution in [3.05, 3.63) is 65.2 Å². The van der Waals surface area contributed by atoms with Crippen LogP contribution in [-0.4, -0.2) is 23.5 Å². The number of anilines is 1. The van der Waals surface area contributed by atoms with E-state index in [4.69, 9.17) is 0 Å². The summed E-state index contributed by atoms with van der Waals surface area (Å²) in [6.45, 7) is 1.65. The molecule has 0 aromatic heterocycles. The van der Waals surface area contributed by atoms with Crippen molar-refractivity contribution in [3.8, 4) is 0 Å². The number of Topliss-reactive ketones (excluding diaryl/α,β-unsaturated/α-hetero) is 1. The number of hydrogen-bond acceptors (Lipinski definition) is 3. The molecule has 1 aliphatic rings. The van der Waals surface area contributed by atoms with Crippen LogP contribution < -0.4 is 10.6 Å². The first kappa shape index (κ1) is 17.2. The maximum Gasteiger partial charge on any atom is 0.319 e. The van der Waals surface area contributed by atoms with Crippen LogP contribution in [0.5, 0.6) is 0 Å². The molecule has 2 amide bonds.